The molecule has 0 spiro atoms. The number of nitrogens with two attached hydrogens (primary N) is 1. The number of rotatable bonds is 1. The van der Waals surface area contributed by atoms with Gasteiger partial charge in [0.2, 0.25) is 0 Å². The van der Waals surface area contributed by atoms with Crippen LogP contribution >= 0.6 is 11.8 Å². The molecule has 1 aliphatic rings. The van der Waals surface area contributed by atoms with E-state index in [2.05, 4.69) is 13.8 Å². The highest BCUT2D eigenvalue weighted by molar-refractivity contribution is 8.00. The Hall–Kier alpha value is -1.16. The van der Waals surface area contributed by atoms with Crippen molar-refractivity contribution in [2.75, 3.05) is 18.0 Å². The average Bonchev–Trinajstić information content (AvgIpc) is 2.32. The number of hydrogen-bond acceptors (Lipinski definition) is 3. The quantitative estimate of drug-likeness (QED) is 0.777. The summed E-state index contributed by atoms with van der Waals surface area (Å²) in [7, 11) is 0. The van der Waals surface area contributed by atoms with Crippen LogP contribution in [-0.4, -0.2) is 34.4 Å². The van der Waals surface area contributed by atoms with Crippen LogP contribution < -0.4 is 5.73 Å². The molecule has 1 aliphatic heterocycles. The molecule has 1 amide bonds. The summed E-state index contributed by atoms with van der Waals surface area (Å²) in [6, 6.07) is 7.55. The molecule has 1 aromatic rings. The number of carbonyl (C=O) groups excluding carboxylic acids is 1. The maximum atomic E-state index is 12.4. The van der Waals surface area contributed by atoms with E-state index in [1.165, 1.54) is 0 Å². The number of para-hydroxylation sites is 1. The first kappa shape index (κ1) is 12.3. The standard InChI is InChI=1S/C13H18N2OS/c1-9-10(2)17-8-7-15(9)13(16)11-5-3-4-6-12(11)14/h3-6,9-10H,7-8,14H2,1-2H3. The van der Waals surface area contributed by atoms with Crippen LogP contribution in [0.3, 0.4) is 0 Å². The molecule has 0 bridgehead atoms. The number of benzene rings is 1. The van der Waals surface area contributed by atoms with Crippen molar-refractivity contribution in [1.82, 2.24) is 4.90 Å². The number of thioether (sulfide) groups is 1. The van der Waals surface area contributed by atoms with Gasteiger partial charge in [-0.15, -0.1) is 0 Å². The summed E-state index contributed by atoms with van der Waals surface area (Å²) >= 11 is 1.92. The summed E-state index contributed by atoms with van der Waals surface area (Å²) < 4.78 is 0. The summed E-state index contributed by atoms with van der Waals surface area (Å²) in [5.41, 5.74) is 7.04. The highest BCUT2D eigenvalue weighted by Crippen LogP contribution is 2.26. The molecular formula is C13H18N2OS. The summed E-state index contributed by atoms with van der Waals surface area (Å²) in [5.74, 6) is 1.06. The first-order valence-electron chi connectivity index (χ1n) is 5.88. The van der Waals surface area contributed by atoms with Crippen LogP contribution in [0.25, 0.3) is 0 Å². The number of nitrogens with zero attached hydrogens (tertiary/aromatic N) is 1. The molecule has 0 aliphatic carbocycles. The van der Waals surface area contributed by atoms with E-state index in [1.807, 2.05) is 28.8 Å². The van der Waals surface area contributed by atoms with E-state index in [0.717, 1.165) is 12.3 Å². The minimum atomic E-state index is 0.0581. The van der Waals surface area contributed by atoms with Crippen molar-refractivity contribution in [1.29, 1.82) is 0 Å². The molecule has 4 heteroatoms. The van der Waals surface area contributed by atoms with Crippen LogP contribution in [0.5, 0.6) is 0 Å². The molecule has 2 unspecified atom stereocenters. The molecule has 0 aromatic heterocycles. The van der Waals surface area contributed by atoms with Crippen LogP contribution in [0.2, 0.25) is 0 Å². The molecule has 1 fully saturated rings. The molecule has 17 heavy (non-hydrogen) atoms. The smallest absolute Gasteiger partial charge is 0.256 e. The van der Waals surface area contributed by atoms with Gasteiger partial charge in [-0.3, -0.25) is 4.79 Å². The molecule has 3 nitrogen and oxygen atoms in total. The van der Waals surface area contributed by atoms with Crippen molar-refractivity contribution in [2.45, 2.75) is 25.1 Å². The van der Waals surface area contributed by atoms with Crippen molar-refractivity contribution in [3.63, 3.8) is 0 Å². The topological polar surface area (TPSA) is 46.3 Å². The molecule has 2 atom stereocenters. The van der Waals surface area contributed by atoms with Gasteiger partial charge < -0.3 is 10.6 Å². The second-order valence-corrected chi connectivity index (χ2v) is 5.89. The first-order chi connectivity index (χ1) is 8.11. The Bertz CT molecular complexity index is 422. The van der Waals surface area contributed by atoms with E-state index in [1.54, 1.807) is 12.1 Å². The Labute approximate surface area is 106 Å². The Morgan fingerprint density at radius 1 is 1.41 bits per heavy atom. The molecule has 1 saturated heterocycles. The third kappa shape index (κ3) is 2.41. The van der Waals surface area contributed by atoms with Crippen molar-refractivity contribution >= 4 is 23.4 Å². The van der Waals surface area contributed by atoms with E-state index in [9.17, 15) is 4.79 Å². The van der Waals surface area contributed by atoms with Gasteiger partial charge in [0.25, 0.3) is 5.91 Å². The number of amides is 1. The third-order valence-corrected chi connectivity index (χ3v) is 4.67. The lowest BCUT2D eigenvalue weighted by molar-refractivity contribution is 0.0699. The third-order valence-electron chi connectivity index (χ3n) is 3.34. The highest BCUT2D eigenvalue weighted by Gasteiger charge is 2.29. The van der Waals surface area contributed by atoms with E-state index >= 15 is 0 Å². The lowest BCUT2D eigenvalue weighted by Gasteiger charge is -2.37. The predicted octanol–water partition coefficient (Wildman–Crippen LogP) is 2.23. The average molecular weight is 250 g/mol. The SMILES string of the molecule is CC1SCCN(C(=O)c2ccccc2N)C1C. The molecule has 0 saturated carbocycles. The summed E-state index contributed by atoms with van der Waals surface area (Å²) in [6.07, 6.45) is 0. The Morgan fingerprint density at radius 2 is 2.12 bits per heavy atom. The van der Waals surface area contributed by atoms with Crippen molar-refractivity contribution in [3.05, 3.63) is 29.8 Å². The maximum Gasteiger partial charge on any atom is 0.256 e. The maximum absolute atomic E-state index is 12.4. The van der Waals surface area contributed by atoms with E-state index in [-0.39, 0.29) is 11.9 Å². The van der Waals surface area contributed by atoms with Gasteiger partial charge in [0.1, 0.15) is 0 Å². The van der Waals surface area contributed by atoms with Gasteiger partial charge in [0.05, 0.1) is 5.56 Å². The number of anilines is 1. The first-order valence-corrected chi connectivity index (χ1v) is 6.93. The second kappa shape index (κ2) is 5.00. The van der Waals surface area contributed by atoms with Crippen LogP contribution in [-0.2, 0) is 0 Å². The normalized spacial score (nSPS) is 24.7. The number of nitrogen functional groups attached to an aromatic ring is 1. The minimum Gasteiger partial charge on any atom is -0.398 e. The van der Waals surface area contributed by atoms with Gasteiger partial charge in [-0.25, -0.2) is 0 Å². The predicted molar refractivity (Wildman–Crippen MR) is 73.3 cm³/mol. The zero-order chi connectivity index (χ0) is 12.4. The van der Waals surface area contributed by atoms with Gasteiger partial charge in [-0.2, -0.15) is 11.8 Å². The Kier molecular flexibility index (Phi) is 3.62. The van der Waals surface area contributed by atoms with Crippen LogP contribution in [0.4, 0.5) is 5.69 Å². The lowest BCUT2D eigenvalue weighted by Crippen LogP contribution is -2.48. The van der Waals surface area contributed by atoms with Gasteiger partial charge >= 0.3 is 0 Å². The zero-order valence-corrected chi connectivity index (χ0v) is 11.0. The fourth-order valence-electron chi connectivity index (χ4n) is 2.07. The van der Waals surface area contributed by atoms with Gasteiger partial charge in [0, 0.05) is 29.3 Å². The molecule has 2 rings (SSSR count). The zero-order valence-electron chi connectivity index (χ0n) is 10.2. The number of carbonyl (C=O) groups is 1. The van der Waals surface area contributed by atoms with Crippen molar-refractivity contribution < 1.29 is 4.79 Å². The summed E-state index contributed by atoms with van der Waals surface area (Å²) in [4.78, 5) is 14.4. The molecule has 2 N–H and O–H groups in total. The van der Waals surface area contributed by atoms with E-state index in [4.69, 9.17) is 5.73 Å². The summed E-state index contributed by atoms with van der Waals surface area (Å²) in [6.45, 7) is 5.08. The fourth-order valence-corrected chi connectivity index (χ4v) is 3.17. The Morgan fingerprint density at radius 3 is 2.82 bits per heavy atom. The molecule has 1 heterocycles. The molecule has 1 aromatic carbocycles. The largest absolute Gasteiger partial charge is 0.398 e. The van der Waals surface area contributed by atoms with Crippen LogP contribution in [0, 0.1) is 0 Å². The van der Waals surface area contributed by atoms with Crippen LogP contribution in [0.15, 0.2) is 24.3 Å². The lowest BCUT2D eigenvalue weighted by atomic mass is 10.1. The number of hydrogen-bond donors (Lipinski definition) is 1. The van der Waals surface area contributed by atoms with Gasteiger partial charge in [0.15, 0.2) is 0 Å². The monoisotopic (exact) mass is 250 g/mol. The second-order valence-electron chi connectivity index (χ2n) is 4.40. The fraction of sp³-hybridized carbons (Fsp3) is 0.462. The molecular weight excluding hydrogens is 232 g/mol. The summed E-state index contributed by atoms with van der Waals surface area (Å²) in [5, 5.41) is 0.484. The highest BCUT2D eigenvalue weighted by atomic mass is 32.2. The van der Waals surface area contributed by atoms with Crippen LogP contribution in [0.1, 0.15) is 24.2 Å². The van der Waals surface area contributed by atoms with E-state index < -0.39 is 0 Å². The van der Waals surface area contributed by atoms with Gasteiger partial charge in [-0.05, 0) is 19.1 Å². The molecule has 0 radical (unpaired) electrons. The van der Waals surface area contributed by atoms with Crippen molar-refractivity contribution in [3.8, 4) is 0 Å². The Balaban J connectivity index is 2.23. The minimum absolute atomic E-state index is 0.0581. The van der Waals surface area contributed by atoms with E-state index in [0.29, 0.717) is 16.5 Å². The van der Waals surface area contributed by atoms with Crippen molar-refractivity contribution in [2.24, 2.45) is 0 Å². The van der Waals surface area contributed by atoms with Gasteiger partial charge in [-0.1, -0.05) is 19.1 Å². The molecule has 92 valence electrons.